The van der Waals surface area contributed by atoms with E-state index in [0.717, 1.165) is 12.3 Å². The van der Waals surface area contributed by atoms with Crippen LogP contribution in [0.1, 0.15) is 5.56 Å². The molecule has 1 aliphatic rings. The zero-order valence-corrected chi connectivity index (χ0v) is 11.8. The van der Waals surface area contributed by atoms with Crippen molar-refractivity contribution in [3.05, 3.63) is 29.3 Å². The smallest absolute Gasteiger partial charge is 0.264 e. The topological polar surface area (TPSA) is 58.6 Å². The molecule has 0 amide bonds. The molecule has 0 atom stereocenters. The van der Waals surface area contributed by atoms with Gasteiger partial charge in [0.2, 0.25) is 0 Å². The quantitative estimate of drug-likeness (QED) is 0.836. The molecule has 112 valence electrons. The molecule has 0 saturated carbocycles. The first kappa shape index (κ1) is 15.1. The molecule has 0 spiro atoms. The molecule has 20 heavy (non-hydrogen) atoms. The Labute approximate surface area is 116 Å². The van der Waals surface area contributed by atoms with E-state index in [1.165, 1.54) is 6.07 Å². The summed E-state index contributed by atoms with van der Waals surface area (Å²) >= 11 is 0. The third kappa shape index (κ3) is 3.65. The Morgan fingerprint density at radius 3 is 2.55 bits per heavy atom. The van der Waals surface area contributed by atoms with Gasteiger partial charge in [-0.2, -0.15) is 8.42 Å². The fraction of sp³-hybridized carbons (Fsp3) is 0.500. The lowest BCUT2D eigenvalue weighted by molar-refractivity contribution is 0.299. The van der Waals surface area contributed by atoms with Crippen molar-refractivity contribution in [1.29, 1.82) is 0 Å². The molecule has 8 heteroatoms. The molecular weight excluding hydrogens is 290 g/mol. The Balaban J connectivity index is 2.27. The lowest BCUT2D eigenvalue weighted by atomic mass is 10.1. The van der Waals surface area contributed by atoms with Crippen LogP contribution in [0.15, 0.2) is 12.1 Å². The Hall–Kier alpha value is -1.25. The summed E-state index contributed by atoms with van der Waals surface area (Å²) in [4.78, 5) is 1.79. The third-order valence-electron chi connectivity index (χ3n) is 3.04. The van der Waals surface area contributed by atoms with Crippen molar-refractivity contribution in [2.75, 3.05) is 37.3 Å². The predicted molar refractivity (Wildman–Crippen MR) is 71.1 cm³/mol. The highest BCUT2D eigenvalue weighted by Gasteiger charge is 2.20. The van der Waals surface area contributed by atoms with E-state index in [1.54, 1.807) is 4.90 Å². The highest BCUT2D eigenvalue weighted by atomic mass is 32.2. The molecule has 1 saturated heterocycles. The molecule has 1 heterocycles. The standard InChI is InChI=1S/C12H16F2N2O3S/c1-20(17,18)19-8-9-10(13)2-3-11(12(9)14)16-6-4-15-5-7-16/h2-3,15H,4-8H2,1H3. The molecule has 1 fully saturated rings. The second-order valence-electron chi connectivity index (χ2n) is 4.56. The van der Waals surface area contributed by atoms with Gasteiger partial charge in [0, 0.05) is 26.2 Å². The maximum Gasteiger partial charge on any atom is 0.264 e. The SMILES string of the molecule is CS(=O)(=O)OCc1c(F)ccc(N2CCNCC2)c1F. The average Bonchev–Trinajstić information content (AvgIpc) is 2.38. The van der Waals surface area contributed by atoms with E-state index in [2.05, 4.69) is 9.50 Å². The van der Waals surface area contributed by atoms with Gasteiger partial charge >= 0.3 is 0 Å². The molecule has 0 bridgehead atoms. The summed E-state index contributed by atoms with van der Waals surface area (Å²) in [6.45, 7) is 2.00. The van der Waals surface area contributed by atoms with Crippen LogP contribution in [0.2, 0.25) is 0 Å². The highest BCUT2D eigenvalue weighted by Crippen LogP contribution is 2.26. The van der Waals surface area contributed by atoms with Gasteiger partial charge in [-0.05, 0) is 12.1 Å². The number of halogens is 2. The van der Waals surface area contributed by atoms with Crippen molar-refractivity contribution in [3.63, 3.8) is 0 Å². The van der Waals surface area contributed by atoms with Gasteiger partial charge in [0.25, 0.3) is 10.1 Å². The van der Waals surface area contributed by atoms with E-state index in [-0.39, 0.29) is 11.3 Å². The monoisotopic (exact) mass is 306 g/mol. The molecule has 1 aliphatic heterocycles. The van der Waals surface area contributed by atoms with Gasteiger partial charge in [0.05, 0.1) is 24.1 Å². The van der Waals surface area contributed by atoms with Crippen LogP contribution in [0.25, 0.3) is 0 Å². The molecule has 0 unspecified atom stereocenters. The van der Waals surface area contributed by atoms with Crippen LogP contribution in [0.5, 0.6) is 0 Å². The van der Waals surface area contributed by atoms with Crippen LogP contribution in [0.4, 0.5) is 14.5 Å². The predicted octanol–water partition coefficient (Wildman–Crippen LogP) is 0.851. The minimum Gasteiger partial charge on any atom is -0.367 e. The van der Waals surface area contributed by atoms with Crippen LogP contribution in [-0.2, 0) is 20.9 Å². The summed E-state index contributed by atoms with van der Waals surface area (Å²) in [5.74, 6) is -1.58. The third-order valence-corrected chi connectivity index (χ3v) is 3.59. The first-order valence-corrected chi connectivity index (χ1v) is 7.97. The maximum atomic E-state index is 14.3. The minimum absolute atomic E-state index is 0.264. The summed E-state index contributed by atoms with van der Waals surface area (Å²) in [5, 5.41) is 3.13. The number of hydrogen-bond donors (Lipinski definition) is 1. The number of rotatable bonds is 4. The minimum atomic E-state index is -3.75. The summed E-state index contributed by atoms with van der Waals surface area (Å²) in [7, 11) is -3.75. The zero-order chi connectivity index (χ0) is 14.8. The Kier molecular flexibility index (Phi) is 4.56. The summed E-state index contributed by atoms with van der Waals surface area (Å²) in [5.41, 5.74) is -0.105. The lowest BCUT2D eigenvalue weighted by Crippen LogP contribution is -2.44. The number of nitrogens with one attached hydrogen (secondary N) is 1. The molecule has 1 aromatic carbocycles. The highest BCUT2D eigenvalue weighted by molar-refractivity contribution is 7.85. The van der Waals surface area contributed by atoms with Crippen molar-refractivity contribution in [2.45, 2.75) is 6.61 Å². The van der Waals surface area contributed by atoms with E-state index >= 15 is 0 Å². The molecule has 1 aromatic rings. The fourth-order valence-corrected chi connectivity index (χ4v) is 2.37. The second-order valence-corrected chi connectivity index (χ2v) is 6.21. The first-order chi connectivity index (χ1) is 9.38. The average molecular weight is 306 g/mol. The lowest BCUT2D eigenvalue weighted by Gasteiger charge is -2.30. The summed E-state index contributed by atoms with van der Waals surface area (Å²) in [6, 6.07) is 2.49. The Morgan fingerprint density at radius 2 is 1.95 bits per heavy atom. The van der Waals surface area contributed by atoms with Gasteiger partial charge < -0.3 is 10.2 Å². The normalized spacial score (nSPS) is 16.4. The molecule has 0 radical (unpaired) electrons. The van der Waals surface area contributed by atoms with E-state index in [0.29, 0.717) is 26.2 Å². The van der Waals surface area contributed by atoms with Gasteiger partial charge in [0.15, 0.2) is 5.82 Å². The number of nitrogens with zero attached hydrogens (tertiary/aromatic N) is 1. The van der Waals surface area contributed by atoms with Crippen molar-refractivity contribution in [2.24, 2.45) is 0 Å². The number of anilines is 1. The first-order valence-electron chi connectivity index (χ1n) is 6.15. The largest absolute Gasteiger partial charge is 0.367 e. The molecular formula is C12H16F2N2O3S. The molecule has 5 nitrogen and oxygen atoms in total. The van der Waals surface area contributed by atoms with Gasteiger partial charge in [-0.25, -0.2) is 8.78 Å². The summed E-state index contributed by atoms with van der Waals surface area (Å²) < 4.78 is 54.3. The number of hydrogen-bond acceptors (Lipinski definition) is 5. The molecule has 1 N–H and O–H groups in total. The maximum absolute atomic E-state index is 14.3. The summed E-state index contributed by atoms with van der Waals surface area (Å²) in [6.07, 6.45) is 0.836. The molecule has 0 aliphatic carbocycles. The van der Waals surface area contributed by atoms with Crippen LogP contribution in [-0.4, -0.2) is 40.9 Å². The Morgan fingerprint density at radius 1 is 1.30 bits per heavy atom. The van der Waals surface area contributed by atoms with Crippen molar-refractivity contribution in [1.82, 2.24) is 5.32 Å². The fourth-order valence-electron chi connectivity index (χ4n) is 2.03. The van der Waals surface area contributed by atoms with E-state index < -0.39 is 28.4 Å². The van der Waals surface area contributed by atoms with Gasteiger partial charge in [-0.15, -0.1) is 0 Å². The molecule has 0 aromatic heterocycles. The van der Waals surface area contributed by atoms with Crippen molar-refractivity contribution >= 4 is 15.8 Å². The number of piperazine rings is 1. The van der Waals surface area contributed by atoms with Crippen LogP contribution in [0.3, 0.4) is 0 Å². The van der Waals surface area contributed by atoms with E-state index in [1.807, 2.05) is 0 Å². The van der Waals surface area contributed by atoms with Gasteiger partial charge in [0.1, 0.15) is 5.82 Å². The van der Waals surface area contributed by atoms with Crippen LogP contribution in [0, 0.1) is 11.6 Å². The van der Waals surface area contributed by atoms with Crippen molar-refractivity contribution in [3.8, 4) is 0 Å². The second kappa shape index (κ2) is 6.02. The zero-order valence-electron chi connectivity index (χ0n) is 11.0. The van der Waals surface area contributed by atoms with Gasteiger partial charge in [-0.1, -0.05) is 0 Å². The Bertz CT molecular complexity index is 587. The molecule has 2 rings (SSSR count). The number of benzene rings is 1. The van der Waals surface area contributed by atoms with Crippen LogP contribution >= 0.6 is 0 Å². The van der Waals surface area contributed by atoms with Crippen molar-refractivity contribution < 1.29 is 21.4 Å². The van der Waals surface area contributed by atoms with E-state index in [4.69, 9.17) is 0 Å². The van der Waals surface area contributed by atoms with E-state index in [9.17, 15) is 17.2 Å². The van der Waals surface area contributed by atoms with Gasteiger partial charge in [-0.3, -0.25) is 4.18 Å². The van der Waals surface area contributed by atoms with Crippen LogP contribution < -0.4 is 10.2 Å².